The van der Waals surface area contributed by atoms with Gasteiger partial charge < -0.3 is 10.6 Å². The predicted molar refractivity (Wildman–Crippen MR) is 71.2 cm³/mol. The highest BCUT2D eigenvalue weighted by Crippen LogP contribution is 2.19. The minimum Gasteiger partial charge on any atom is -0.366 e. The molecule has 0 saturated carbocycles. The SMILES string of the molecule is c1ccc(CNc2ncnc3c2CCNC3)cc1. The molecule has 2 N–H and O–H groups in total. The molecule has 0 saturated heterocycles. The number of benzene rings is 1. The Bertz CT molecular complexity index is 525. The molecule has 1 aliphatic rings. The monoisotopic (exact) mass is 240 g/mol. The minimum atomic E-state index is 0.803. The summed E-state index contributed by atoms with van der Waals surface area (Å²) in [5.41, 5.74) is 3.64. The summed E-state index contributed by atoms with van der Waals surface area (Å²) in [5, 5.41) is 6.73. The van der Waals surface area contributed by atoms with Gasteiger partial charge in [0.1, 0.15) is 12.1 Å². The molecule has 1 aromatic heterocycles. The van der Waals surface area contributed by atoms with E-state index in [1.165, 1.54) is 11.1 Å². The molecule has 0 unspecified atom stereocenters. The van der Waals surface area contributed by atoms with Gasteiger partial charge in [0.2, 0.25) is 0 Å². The predicted octanol–water partition coefficient (Wildman–Crippen LogP) is 1.73. The van der Waals surface area contributed by atoms with Crippen LogP contribution in [0.2, 0.25) is 0 Å². The lowest BCUT2D eigenvalue weighted by atomic mass is 10.1. The van der Waals surface area contributed by atoms with Gasteiger partial charge in [-0.1, -0.05) is 30.3 Å². The number of hydrogen-bond donors (Lipinski definition) is 2. The number of nitrogens with zero attached hydrogens (tertiary/aromatic N) is 2. The number of aromatic nitrogens is 2. The van der Waals surface area contributed by atoms with Gasteiger partial charge in [0.25, 0.3) is 0 Å². The van der Waals surface area contributed by atoms with E-state index in [2.05, 4.69) is 44.9 Å². The number of nitrogens with one attached hydrogen (secondary N) is 2. The molecule has 1 aliphatic heterocycles. The number of fused-ring (bicyclic) bond motifs is 1. The summed E-state index contributed by atoms with van der Waals surface area (Å²) in [6.07, 6.45) is 2.63. The van der Waals surface area contributed by atoms with Crippen LogP contribution in [0.1, 0.15) is 16.8 Å². The molecule has 0 spiro atoms. The zero-order valence-corrected chi connectivity index (χ0v) is 10.2. The Kier molecular flexibility index (Phi) is 3.19. The van der Waals surface area contributed by atoms with Gasteiger partial charge in [0.15, 0.2) is 0 Å². The molecule has 0 radical (unpaired) electrons. The molecule has 0 fully saturated rings. The molecule has 1 aromatic carbocycles. The molecular weight excluding hydrogens is 224 g/mol. The first-order valence-electron chi connectivity index (χ1n) is 6.25. The number of rotatable bonds is 3. The van der Waals surface area contributed by atoms with Crippen LogP contribution in [0.3, 0.4) is 0 Å². The Hall–Kier alpha value is -1.94. The molecule has 0 aliphatic carbocycles. The van der Waals surface area contributed by atoms with Crippen molar-refractivity contribution < 1.29 is 0 Å². The Balaban J connectivity index is 1.77. The van der Waals surface area contributed by atoms with Crippen molar-refractivity contribution in [3.05, 3.63) is 53.5 Å². The molecule has 2 heterocycles. The second-order valence-electron chi connectivity index (χ2n) is 4.41. The van der Waals surface area contributed by atoms with E-state index in [0.29, 0.717) is 0 Å². The molecule has 2 aromatic rings. The fourth-order valence-corrected chi connectivity index (χ4v) is 2.22. The van der Waals surface area contributed by atoms with Gasteiger partial charge in [0, 0.05) is 18.7 Å². The molecule has 18 heavy (non-hydrogen) atoms. The zero-order valence-electron chi connectivity index (χ0n) is 10.2. The molecule has 92 valence electrons. The Morgan fingerprint density at radius 1 is 1.17 bits per heavy atom. The lowest BCUT2D eigenvalue weighted by molar-refractivity contribution is 0.624. The first kappa shape index (κ1) is 11.2. The van der Waals surface area contributed by atoms with E-state index in [1.54, 1.807) is 6.33 Å². The van der Waals surface area contributed by atoms with Crippen molar-refractivity contribution in [1.29, 1.82) is 0 Å². The maximum atomic E-state index is 4.36. The van der Waals surface area contributed by atoms with Crippen molar-refractivity contribution in [2.45, 2.75) is 19.5 Å². The molecule has 0 bridgehead atoms. The summed E-state index contributed by atoms with van der Waals surface area (Å²) in [7, 11) is 0. The average Bonchev–Trinajstić information content (AvgIpc) is 2.46. The Morgan fingerprint density at radius 3 is 2.94 bits per heavy atom. The molecule has 0 atom stereocenters. The van der Waals surface area contributed by atoms with Crippen LogP contribution in [0, 0.1) is 0 Å². The van der Waals surface area contributed by atoms with Gasteiger partial charge in [-0.05, 0) is 18.5 Å². The van der Waals surface area contributed by atoms with E-state index < -0.39 is 0 Å². The number of anilines is 1. The second kappa shape index (κ2) is 5.14. The third-order valence-corrected chi connectivity index (χ3v) is 3.18. The van der Waals surface area contributed by atoms with E-state index in [9.17, 15) is 0 Å². The normalized spacial score (nSPS) is 14.0. The first-order valence-corrected chi connectivity index (χ1v) is 6.25. The summed E-state index contributed by atoms with van der Waals surface area (Å²) >= 11 is 0. The smallest absolute Gasteiger partial charge is 0.133 e. The van der Waals surface area contributed by atoms with Crippen molar-refractivity contribution in [2.24, 2.45) is 0 Å². The summed E-state index contributed by atoms with van der Waals surface area (Å²) in [5.74, 6) is 0.977. The largest absolute Gasteiger partial charge is 0.366 e. The first-order chi connectivity index (χ1) is 8.93. The van der Waals surface area contributed by atoms with E-state index in [-0.39, 0.29) is 0 Å². The summed E-state index contributed by atoms with van der Waals surface area (Å²) in [6, 6.07) is 10.4. The van der Waals surface area contributed by atoms with Crippen LogP contribution in [0.25, 0.3) is 0 Å². The third-order valence-electron chi connectivity index (χ3n) is 3.18. The Labute approximate surface area is 106 Å². The van der Waals surface area contributed by atoms with Crippen LogP contribution < -0.4 is 10.6 Å². The van der Waals surface area contributed by atoms with Crippen LogP contribution >= 0.6 is 0 Å². The van der Waals surface area contributed by atoms with Crippen molar-refractivity contribution in [1.82, 2.24) is 15.3 Å². The molecule has 0 amide bonds. The van der Waals surface area contributed by atoms with Gasteiger partial charge in [-0.15, -0.1) is 0 Å². The molecule has 4 nitrogen and oxygen atoms in total. The third kappa shape index (κ3) is 2.33. The molecular formula is C14H16N4. The van der Waals surface area contributed by atoms with Crippen LogP contribution in [0.15, 0.2) is 36.7 Å². The highest BCUT2D eigenvalue weighted by atomic mass is 15.0. The summed E-state index contributed by atoms with van der Waals surface area (Å²) < 4.78 is 0. The maximum absolute atomic E-state index is 4.36. The lowest BCUT2D eigenvalue weighted by Gasteiger charge is -2.19. The fourth-order valence-electron chi connectivity index (χ4n) is 2.22. The van der Waals surface area contributed by atoms with E-state index >= 15 is 0 Å². The van der Waals surface area contributed by atoms with Gasteiger partial charge in [0.05, 0.1) is 5.69 Å². The van der Waals surface area contributed by atoms with E-state index in [0.717, 1.165) is 37.6 Å². The highest BCUT2D eigenvalue weighted by Gasteiger charge is 2.14. The summed E-state index contributed by atoms with van der Waals surface area (Å²) in [4.78, 5) is 8.68. The molecule has 4 heteroatoms. The fraction of sp³-hybridized carbons (Fsp3) is 0.286. The van der Waals surface area contributed by atoms with Gasteiger partial charge in [-0.2, -0.15) is 0 Å². The van der Waals surface area contributed by atoms with Crippen molar-refractivity contribution in [2.75, 3.05) is 11.9 Å². The van der Waals surface area contributed by atoms with Gasteiger partial charge >= 0.3 is 0 Å². The maximum Gasteiger partial charge on any atom is 0.133 e. The van der Waals surface area contributed by atoms with Crippen molar-refractivity contribution in [3.63, 3.8) is 0 Å². The zero-order chi connectivity index (χ0) is 12.2. The number of hydrogen-bond acceptors (Lipinski definition) is 4. The van der Waals surface area contributed by atoms with Crippen LogP contribution in [-0.4, -0.2) is 16.5 Å². The van der Waals surface area contributed by atoms with E-state index in [4.69, 9.17) is 0 Å². The quantitative estimate of drug-likeness (QED) is 0.858. The van der Waals surface area contributed by atoms with Crippen LogP contribution in [0.4, 0.5) is 5.82 Å². The van der Waals surface area contributed by atoms with E-state index in [1.807, 2.05) is 6.07 Å². The van der Waals surface area contributed by atoms with Gasteiger partial charge in [-0.25, -0.2) is 9.97 Å². The lowest BCUT2D eigenvalue weighted by Crippen LogP contribution is -2.26. The van der Waals surface area contributed by atoms with Crippen LogP contribution in [0.5, 0.6) is 0 Å². The standard InChI is InChI=1S/C14H16N4/c1-2-4-11(5-3-1)8-16-14-12-6-7-15-9-13(12)17-10-18-14/h1-5,10,15H,6-9H2,(H,16,17,18). The average molecular weight is 240 g/mol. The van der Waals surface area contributed by atoms with Crippen molar-refractivity contribution >= 4 is 5.82 Å². The minimum absolute atomic E-state index is 0.803. The van der Waals surface area contributed by atoms with Crippen LogP contribution in [-0.2, 0) is 19.5 Å². The highest BCUT2D eigenvalue weighted by molar-refractivity contribution is 5.47. The second-order valence-corrected chi connectivity index (χ2v) is 4.41. The van der Waals surface area contributed by atoms with Gasteiger partial charge in [-0.3, -0.25) is 0 Å². The topological polar surface area (TPSA) is 49.8 Å². The van der Waals surface area contributed by atoms with Crippen molar-refractivity contribution in [3.8, 4) is 0 Å². The summed E-state index contributed by atoms with van der Waals surface area (Å²) in [6.45, 7) is 2.65. The Morgan fingerprint density at radius 2 is 2.06 bits per heavy atom. The molecule has 3 rings (SSSR count).